The summed E-state index contributed by atoms with van der Waals surface area (Å²) in [5.41, 5.74) is -0.0581. The monoisotopic (exact) mass is 223 g/mol. The number of nitrogens with zero attached hydrogens (tertiary/aromatic N) is 3. The molecule has 0 saturated carbocycles. The van der Waals surface area contributed by atoms with E-state index in [1.54, 1.807) is 31.1 Å². The lowest BCUT2D eigenvalue weighted by Crippen LogP contribution is -2.51. The molecule has 0 amide bonds. The second-order valence-electron chi connectivity index (χ2n) is 4.17. The van der Waals surface area contributed by atoms with Crippen molar-refractivity contribution in [1.82, 2.24) is 9.97 Å². The van der Waals surface area contributed by atoms with Crippen LogP contribution in [0.5, 0.6) is 0 Å². The van der Waals surface area contributed by atoms with Crippen LogP contribution in [0.25, 0.3) is 0 Å². The molecule has 0 atom stereocenters. The highest BCUT2D eigenvalue weighted by Gasteiger charge is 2.35. The predicted octanol–water partition coefficient (Wildman–Crippen LogP) is 1.47. The van der Waals surface area contributed by atoms with E-state index in [9.17, 15) is 4.79 Å². The number of carboxylic acids is 1. The summed E-state index contributed by atoms with van der Waals surface area (Å²) in [6, 6.07) is 0. The largest absolute Gasteiger partial charge is 0.480 e. The number of anilines is 1. The zero-order valence-corrected chi connectivity index (χ0v) is 10.1. The zero-order chi connectivity index (χ0) is 12.3. The molecule has 0 aliphatic heterocycles. The summed E-state index contributed by atoms with van der Waals surface area (Å²) in [5.74, 6) is -0.445. The van der Waals surface area contributed by atoms with Crippen LogP contribution in [0.15, 0.2) is 12.4 Å². The van der Waals surface area contributed by atoms with Crippen molar-refractivity contribution >= 4 is 11.9 Å². The number of aliphatic carboxylic acids is 1. The first-order valence-corrected chi connectivity index (χ1v) is 5.19. The third-order valence-electron chi connectivity index (χ3n) is 2.52. The van der Waals surface area contributed by atoms with Crippen molar-refractivity contribution in [1.29, 1.82) is 0 Å². The third kappa shape index (κ3) is 2.29. The fourth-order valence-corrected chi connectivity index (χ4v) is 1.43. The van der Waals surface area contributed by atoms with Crippen molar-refractivity contribution in [2.45, 2.75) is 33.2 Å². The number of rotatable bonds is 4. The van der Waals surface area contributed by atoms with Crippen molar-refractivity contribution in [3.05, 3.63) is 18.0 Å². The Morgan fingerprint density at radius 2 is 1.94 bits per heavy atom. The van der Waals surface area contributed by atoms with Gasteiger partial charge in [-0.3, -0.25) is 0 Å². The highest BCUT2D eigenvalue weighted by Crippen LogP contribution is 2.20. The van der Waals surface area contributed by atoms with Gasteiger partial charge >= 0.3 is 5.97 Å². The lowest BCUT2D eigenvalue weighted by atomic mass is 10.0. The predicted molar refractivity (Wildman–Crippen MR) is 61.5 cm³/mol. The Kier molecular flexibility index (Phi) is 3.47. The molecule has 0 spiro atoms. The summed E-state index contributed by atoms with van der Waals surface area (Å²) >= 11 is 0. The van der Waals surface area contributed by atoms with Gasteiger partial charge < -0.3 is 10.0 Å². The van der Waals surface area contributed by atoms with Crippen molar-refractivity contribution in [3.8, 4) is 0 Å². The van der Waals surface area contributed by atoms with E-state index in [1.807, 2.05) is 13.8 Å². The average Bonchev–Trinajstić information content (AvgIpc) is 2.21. The van der Waals surface area contributed by atoms with E-state index < -0.39 is 11.5 Å². The molecule has 1 rings (SSSR count). The molecule has 0 radical (unpaired) electrons. The van der Waals surface area contributed by atoms with E-state index in [4.69, 9.17) is 5.11 Å². The van der Waals surface area contributed by atoms with E-state index >= 15 is 0 Å². The van der Waals surface area contributed by atoms with Gasteiger partial charge in [0.15, 0.2) is 0 Å². The topological polar surface area (TPSA) is 66.3 Å². The Morgan fingerprint density at radius 3 is 2.31 bits per heavy atom. The maximum atomic E-state index is 11.2. The molecule has 16 heavy (non-hydrogen) atoms. The van der Waals surface area contributed by atoms with Gasteiger partial charge in [0, 0.05) is 18.9 Å². The molecule has 88 valence electrons. The fourth-order valence-electron chi connectivity index (χ4n) is 1.43. The molecule has 5 nitrogen and oxygen atoms in total. The van der Waals surface area contributed by atoms with E-state index in [-0.39, 0.29) is 0 Å². The summed E-state index contributed by atoms with van der Waals surface area (Å²) in [7, 11) is 0. The minimum atomic E-state index is -1.01. The van der Waals surface area contributed by atoms with Crippen LogP contribution in [0.3, 0.4) is 0 Å². The van der Waals surface area contributed by atoms with Crippen LogP contribution in [-0.2, 0) is 4.79 Å². The van der Waals surface area contributed by atoms with Gasteiger partial charge in [-0.2, -0.15) is 0 Å². The molecule has 5 heteroatoms. The molecule has 1 heterocycles. The normalized spacial score (nSPS) is 11.2. The maximum Gasteiger partial charge on any atom is 0.329 e. The molecule has 0 aromatic carbocycles. The van der Waals surface area contributed by atoms with Crippen molar-refractivity contribution in [3.63, 3.8) is 0 Å². The number of likely N-dealkylation sites (N-methyl/N-ethyl adjacent to an activating group) is 1. The highest BCUT2D eigenvalue weighted by molar-refractivity contribution is 5.81. The number of aryl methyl sites for hydroxylation is 1. The number of aromatic nitrogens is 2. The summed E-state index contributed by atoms with van der Waals surface area (Å²) in [6.07, 6.45) is 3.37. The van der Waals surface area contributed by atoms with E-state index in [0.717, 1.165) is 5.56 Å². The van der Waals surface area contributed by atoms with Crippen molar-refractivity contribution in [2.75, 3.05) is 11.4 Å². The molecule has 0 aliphatic carbocycles. The van der Waals surface area contributed by atoms with Crippen LogP contribution < -0.4 is 4.90 Å². The standard InChI is InChI=1S/C11H17N3O2/c1-5-14(11(3,4)9(15)16)10-12-6-8(2)7-13-10/h6-7H,5H2,1-4H3,(H,15,16). The van der Waals surface area contributed by atoms with Gasteiger partial charge in [0.2, 0.25) is 5.95 Å². The second kappa shape index (κ2) is 4.47. The fraction of sp³-hybridized carbons (Fsp3) is 0.545. The zero-order valence-electron chi connectivity index (χ0n) is 10.1. The van der Waals surface area contributed by atoms with Crippen molar-refractivity contribution in [2.24, 2.45) is 0 Å². The lowest BCUT2D eigenvalue weighted by molar-refractivity contribution is -0.142. The Morgan fingerprint density at radius 1 is 1.44 bits per heavy atom. The minimum absolute atomic E-state index is 0.445. The van der Waals surface area contributed by atoms with Crippen LogP contribution in [0.2, 0.25) is 0 Å². The van der Waals surface area contributed by atoms with Gasteiger partial charge in [-0.1, -0.05) is 0 Å². The molecule has 1 N–H and O–H groups in total. The highest BCUT2D eigenvalue weighted by atomic mass is 16.4. The van der Waals surface area contributed by atoms with Gasteiger partial charge in [-0.15, -0.1) is 0 Å². The Bertz CT molecular complexity index is 373. The van der Waals surface area contributed by atoms with Crippen LogP contribution in [-0.4, -0.2) is 33.1 Å². The maximum absolute atomic E-state index is 11.2. The molecule has 1 aromatic heterocycles. The first kappa shape index (κ1) is 12.4. The van der Waals surface area contributed by atoms with Crippen LogP contribution in [0, 0.1) is 6.92 Å². The molecule has 1 aromatic rings. The second-order valence-corrected chi connectivity index (χ2v) is 4.17. The number of carboxylic acid groups (broad SMARTS) is 1. The van der Waals surface area contributed by atoms with Crippen molar-refractivity contribution < 1.29 is 9.90 Å². The summed E-state index contributed by atoms with van der Waals surface area (Å²) < 4.78 is 0. The molecular formula is C11H17N3O2. The lowest BCUT2D eigenvalue weighted by Gasteiger charge is -2.34. The Labute approximate surface area is 95.1 Å². The van der Waals surface area contributed by atoms with Crippen LogP contribution in [0.1, 0.15) is 26.3 Å². The first-order valence-electron chi connectivity index (χ1n) is 5.19. The van der Waals surface area contributed by atoms with Gasteiger partial charge in [0.05, 0.1) is 0 Å². The van der Waals surface area contributed by atoms with Gasteiger partial charge in [-0.25, -0.2) is 14.8 Å². The molecule has 0 aliphatic rings. The third-order valence-corrected chi connectivity index (χ3v) is 2.52. The van der Waals surface area contributed by atoms with Gasteiger partial charge in [-0.05, 0) is 33.3 Å². The SMILES string of the molecule is CCN(c1ncc(C)cn1)C(C)(C)C(=O)O. The summed E-state index contributed by atoms with van der Waals surface area (Å²) in [4.78, 5) is 21.1. The minimum Gasteiger partial charge on any atom is -0.480 e. The van der Waals surface area contributed by atoms with Gasteiger partial charge in [0.25, 0.3) is 0 Å². The van der Waals surface area contributed by atoms with Crippen LogP contribution in [0.4, 0.5) is 5.95 Å². The molecule has 0 bridgehead atoms. The number of hydrogen-bond acceptors (Lipinski definition) is 4. The molecule has 0 fully saturated rings. The Balaban J connectivity index is 3.07. The van der Waals surface area contributed by atoms with Crippen LogP contribution >= 0.6 is 0 Å². The smallest absolute Gasteiger partial charge is 0.329 e. The number of carbonyl (C=O) groups is 1. The summed E-state index contributed by atoms with van der Waals surface area (Å²) in [5, 5.41) is 9.16. The first-order chi connectivity index (χ1) is 7.39. The van der Waals surface area contributed by atoms with E-state index in [1.165, 1.54) is 0 Å². The molecule has 0 unspecified atom stereocenters. The van der Waals surface area contributed by atoms with Gasteiger partial charge in [0.1, 0.15) is 5.54 Å². The summed E-state index contributed by atoms with van der Waals surface area (Å²) in [6.45, 7) is 7.60. The average molecular weight is 223 g/mol. The quantitative estimate of drug-likeness (QED) is 0.837. The molecular weight excluding hydrogens is 206 g/mol. The number of hydrogen-bond donors (Lipinski definition) is 1. The molecule has 0 saturated heterocycles. The Hall–Kier alpha value is -1.65. The van der Waals surface area contributed by atoms with E-state index in [2.05, 4.69) is 9.97 Å². The van der Waals surface area contributed by atoms with E-state index in [0.29, 0.717) is 12.5 Å².